The third kappa shape index (κ3) is 3.46. The van der Waals surface area contributed by atoms with E-state index in [0.717, 1.165) is 11.3 Å². The summed E-state index contributed by atoms with van der Waals surface area (Å²) in [6.45, 7) is 4.02. The molecule has 3 nitrogen and oxygen atoms in total. The van der Waals surface area contributed by atoms with Crippen molar-refractivity contribution in [1.82, 2.24) is 5.32 Å². The number of hydrogen-bond acceptors (Lipinski definition) is 2. The minimum Gasteiger partial charge on any atom is -0.450 e. The molecule has 1 amide bonds. The van der Waals surface area contributed by atoms with Crippen molar-refractivity contribution in [1.29, 1.82) is 0 Å². The van der Waals surface area contributed by atoms with Gasteiger partial charge >= 0.3 is 6.09 Å². The number of carbonyl (C=O) groups is 1. The Hall–Kier alpha value is -1.77. The fraction of sp³-hybridized carbons (Fsp3) is 0.250. The summed E-state index contributed by atoms with van der Waals surface area (Å²) in [4.78, 5) is 11.2. The molecule has 0 atom stereocenters. The molecule has 0 fully saturated rings. The molecule has 1 aromatic rings. The van der Waals surface area contributed by atoms with E-state index in [0.29, 0.717) is 6.61 Å². The predicted octanol–water partition coefficient (Wildman–Crippen LogP) is 2.79. The van der Waals surface area contributed by atoms with Crippen molar-refractivity contribution in [3.8, 4) is 0 Å². The van der Waals surface area contributed by atoms with Gasteiger partial charge in [0.1, 0.15) is 0 Å². The van der Waals surface area contributed by atoms with E-state index in [1.165, 1.54) is 0 Å². The van der Waals surface area contributed by atoms with Gasteiger partial charge in [0.15, 0.2) is 0 Å². The number of amides is 1. The van der Waals surface area contributed by atoms with E-state index in [4.69, 9.17) is 4.74 Å². The Morgan fingerprint density at radius 3 is 2.60 bits per heavy atom. The Morgan fingerprint density at radius 1 is 1.40 bits per heavy atom. The molecule has 0 saturated carbocycles. The summed E-state index contributed by atoms with van der Waals surface area (Å²) in [5, 5.41) is 2.68. The summed E-state index contributed by atoms with van der Waals surface area (Å²) in [6, 6.07) is 9.64. The van der Waals surface area contributed by atoms with E-state index in [1.807, 2.05) is 43.3 Å². The fourth-order valence-electron chi connectivity index (χ4n) is 1.21. The van der Waals surface area contributed by atoms with Crippen molar-refractivity contribution in [3.05, 3.63) is 42.0 Å². The number of nitrogens with one attached hydrogen (secondary N) is 1. The summed E-state index contributed by atoms with van der Waals surface area (Å²) < 4.78 is 4.80. The molecule has 0 aliphatic carbocycles. The van der Waals surface area contributed by atoms with Crippen LogP contribution in [0.5, 0.6) is 0 Å². The zero-order valence-electron chi connectivity index (χ0n) is 8.99. The topological polar surface area (TPSA) is 38.3 Å². The molecule has 0 aliphatic rings. The van der Waals surface area contributed by atoms with E-state index in [9.17, 15) is 4.79 Å². The van der Waals surface area contributed by atoms with E-state index in [-0.39, 0.29) is 0 Å². The number of ether oxygens (including phenoxy) is 1. The number of rotatable bonds is 3. The normalized spacial score (nSPS) is 10.9. The lowest BCUT2D eigenvalue weighted by Gasteiger charge is -2.09. The van der Waals surface area contributed by atoms with Crippen LogP contribution in [0.25, 0.3) is 5.70 Å². The van der Waals surface area contributed by atoms with Gasteiger partial charge in [0.05, 0.1) is 6.61 Å². The fourth-order valence-corrected chi connectivity index (χ4v) is 1.21. The first-order valence-electron chi connectivity index (χ1n) is 4.93. The van der Waals surface area contributed by atoms with Crippen LogP contribution in [0, 0.1) is 0 Å². The minimum absolute atomic E-state index is 0.373. The molecule has 0 unspecified atom stereocenters. The molecule has 0 aliphatic heterocycles. The van der Waals surface area contributed by atoms with Crippen LogP contribution in [0.4, 0.5) is 4.79 Å². The lowest BCUT2D eigenvalue weighted by Crippen LogP contribution is -2.22. The smallest absolute Gasteiger partial charge is 0.411 e. The van der Waals surface area contributed by atoms with Crippen molar-refractivity contribution < 1.29 is 9.53 Å². The van der Waals surface area contributed by atoms with Crippen molar-refractivity contribution in [2.24, 2.45) is 0 Å². The van der Waals surface area contributed by atoms with Crippen molar-refractivity contribution in [2.75, 3.05) is 6.61 Å². The maximum Gasteiger partial charge on any atom is 0.411 e. The largest absolute Gasteiger partial charge is 0.450 e. The van der Waals surface area contributed by atoms with Gasteiger partial charge in [0.2, 0.25) is 0 Å². The third-order valence-electron chi connectivity index (χ3n) is 1.89. The summed E-state index contributed by atoms with van der Waals surface area (Å²) in [7, 11) is 0. The molecule has 80 valence electrons. The maximum absolute atomic E-state index is 11.2. The monoisotopic (exact) mass is 205 g/mol. The van der Waals surface area contributed by atoms with Gasteiger partial charge in [-0.2, -0.15) is 0 Å². The van der Waals surface area contributed by atoms with E-state index in [2.05, 4.69) is 5.32 Å². The molecule has 0 aromatic heterocycles. The molecule has 1 rings (SSSR count). The van der Waals surface area contributed by atoms with Gasteiger partial charge in [-0.15, -0.1) is 0 Å². The Balaban J connectivity index is 2.70. The van der Waals surface area contributed by atoms with E-state index < -0.39 is 6.09 Å². The summed E-state index contributed by atoms with van der Waals surface area (Å²) in [5.74, 6) is 0. The SMILES string of the molecule is C/C=C(/NC(=O)OCC)c1ccccc1. The molecule has 1 aromatic carbocycles. The van der Waals surface area contributed by atoms with Crippen LogP contribution in [-0.2, 0) is 4.74 Å². The lowest BCUT2D eigenvalue weighted by atomic mass is 10.1. The molecular formula is C12H15NO2. The van der Waals surface area contributed by atoms with Gasteiger partial charge in [-0.3, -0.25) is 5.32 Å². The van der Waals surface area contributed by atoms with Gasteiger partial charge in [-0.05, 0) is 19.4 Å². The number of allylic oxidation sites excluding steroid dienone is 1. The summed E-state index contributed by atoms with van der Waals surface area (Å²) in [5.41, 5.74) is 1.72. The van der Waals surface area contributed by atoms with Gasteiger partial charge in [-0.1, -0.05) is 36.4 Å². The second kappa shape index (κ2) is 5.86. The van der Waals surface area contributed by atoms with Crippen molar-refractivity contribution in [3.63, 3.8) is 0 Å². The number of hydrogen-bond donors (Lipinski definition) is 1. The molecule has 0 spiro atoms. The van der Waals surface area contributed by atoms with Gasteiger partial charge < -0.3 is 4.74 Å². The summed E-state index contributed by atoms with van der Waals surface area (Å²) >= 11 is 0. The van der Waals surface area contributed by atoms with Crippen molar-refractivity contribution in [2.45, 2.75) is 13.8 Å². The molecule has 1 N–H and O–H groups in total. The molecule has 3 heteroatoms. The Bertz CT molecular complexity index is 344. The lowest BCUT2D eigenvalue weighted by molar-refractivity contribution is 0.157. The zero-order valence-corrected chi connectivity index (χ0v) is 8.99. The van der Waals surface area contributed by atoms with Crippen LogP contribution in [0.15, 0.2) is 36.4 Å². The Kier molecular flexibility index (Phi) is 4.41. The average molecular weight is 205 g/mol. The third-order valence-corrected chi connectivity index (χ3v) is 1.89. The van der Waals surface area contributed by atoms with E-state index in [1.54, 1.807) is 6.92 Å². The number of benzene rings is 1. The Labute approximate surface area is 89.8 Å². The summed E-state index contributed by atoms with van der Waals surface area (Å²) in [6.07, 6.45) is 1.42. The van der Waals surface area contributed by atoms with Crippen molar-refractivity contribution >= 4 is 11.8 Å². The van der Waals surface area contributed by atoms with Gasteiger partial charge in [0, 0.05) is 5.70 Å². The van der Waals surface area contributed by atoms with Crippen LogP contribution in [0.2, 0.25) is 0 Å². The molecular weight excluding hydrogens is 190 g/mol. The Morgan fingerprint density at radius 2 is 2.07 bits per heavy atom. The molecule has 0 heterocycles. The highest BCUT2D eigenvalue weighted by Gasteiger charge is 2.05. The maximum atomic E-state index is 11.2. The first-order chi connectivity index (χ1) is 7.27. The number of carbonyl (C=O) groups excluding carboxylic acids is 1. The first kappa shape index (κ1) is 11.3. The van der Waals surface area contributed by atoms with Crippen LogP contribution in [0.1, 0.15) is 19.4 Å². The van der Waals surface area contributed by atoms with Crippen LogP contribution < -0.4 is 5.32 Å². The first-order valence-corrected chi connectivity index (χ1v) is 4.93. The molecule has 0 saturated heterocycles. The number of alkyl carbamates (subject to hydrolysis) is 1. The second-order valence-corrected chi connectivity index (χ2v) is 2.91. The molecule has 0 radical (unpaired) electrons. The quantitative estimate of drug-likeness (QED) is 0.824. The van der Waals surface area contributed by atoms with Crippen LogP contribution in [-0.4, -0.2) is 12.7 Å². The second-order valence-electron chi connectivity index (χ2n) is 2.91. The standard InChI is InChI=1S/C12H15NO2/c1-3-11(13-12(14)15-4-2)10-8-6-5-7-9-10/h3,5-9H,4H2,1-2H3,(H,13,14)/b11-3+. The van der Waals surface area contributed by atoms with E-state index >= 15 is 0 Å². The molecule has 15 heavy (non-hydrogen) atoms. The minimum atomic E-state index is -0.422. The van der Waals surface area contributed by atoms with Gasteiger partial charge in [0.25, 0.3) is 0 Å². The molecule has 0 bridgehead atoms. The highest BCUT2D eigenvalue weighted by Crippen LogP contribution is 2.10. The predicted molar refractivity (Wildman–Crippen MR) is 60.3 cm³/mol. The highest BCUT2D eigenvalue weighted by molar-refractivity contribution is 5.81. The van der Waals surface area contributed by atoms with Crippen LogP contribution >= 0.6 is 0 Å². The zero-order chi connectivity index (χ0) is 11.1. The average Bonchev–Trinajstić information content (AvgIpc) is 2.27. The highest BCUT2D eigenvalue weighted by atomic mass is 16.5. The van der Waals surface area contributed by atoms with Gasteiger partial charge in [-0.25, -0.2) is 4.79 Å². The van der Waals surface area contributed by atoms with Crippen LogP contribution in [0.3, 0.4) is 0 Å².